The highest BCUT2D eigenvalue weighted by molar-refractivity contribution is 7.99. The molecule has 0 spiro atoms. The molecule has 2 N–H and O–H groups in total. The van der Waals surface area contributed by atoms with Gasteiger partial charge in [0.2, 0.25) is 0 Å². The Kier molecular flexibility index (Phi) is 5.77. The molecule has 6 heteroatoms. The van der Waals surface area contributed by atoms with Gasteiger partial charge in [0.15, 0.2) is 0 Å². The van der Waals surface area contributed by atoms with Crippen LogP contribution in [0, 0.1) is 5.41 Å². The van der Waals surface area contributed by atoms with Gasteiger partial charge in [0.05, 0.1) is 5.02 Å². The Labute approximate surface area is 151 Å². The van der Waals surface area contributed by atoms with Crippen molar-refractivity contribution in [2.75, 3.05) is 34.8 Å². The molecular formula is C18H19ClN4S. The Balaban J connectivity index is 1.71. The number of hydrogen-bond acceptors (Lipinski definition) is 5. The maximum atomic E-state index is 7.66. The molecule has 0 aliphatic carbocycles. The molecule has 24 heavy (non-hydrogen) atoms. The molecule has 0 saturated carbocycles. The van der Waals surface area contributed by atoms with Gasteiger partial charge < -0.3 is 15.6 Å². The van der Waals surface area contributed by atoms with Crippen LogP contribution >= 0.6 is 23.4 Å². The molecule has 4 nitrogen and oxygen atoms in total. The van der Waals surface area contributed by atoms with E-state index in [-0.39, 0.29) is 0 Å². The Bertz CT molecular complexity index is 707. The van der Waals surface area contributed by atoms with Crippen molar-refractivity contribution in [2.24, 2.45) is 0 Å². The van der Waals surface area contributed by atoms with Crippen LogP contribution in [0.3, 0.4) is 0 Å². The third-order valence-electron chi connectivity index (χ3n) is 3.84. The Morgan fingerprint density at radius 3 is 2.54 bits per heavy atom. The lowest BCUT2D eigenvalue weighted by Gasteiger charge is -2.28. The third-order valence-corrected chi connectivity index (χ3v) is 5.00. The summed E-state index contributed by atoms with van der Waals surface area (Å²) in [6, 6.07) is 12.0. The largest absolute Gasteiger partial charge is 0.370 e. The molecule has 0 unspecified atom stereocenters. The average Bonchev–Trinajstić information content (AvgIpc) is 2.65. The van der Waals surface area contributed by atoms with E-state index in [4.69, 9.17) is 17.0 Å². The first-order chi connectivity index (χ1) is 11.8. The number of hydrogen-bond donors (Lipinski definition) is 2. The van der Waals surface area contributed by atoms with Crippen molar-refractivity contribution in [3.8, 4) is 0 Å². The Morgan fingerprint density at radius 1 is 1.17 bits per heavy atom. The zero-order chi connectivity index (χ0) is 16.8. The summed E-state index contributed by atoms with van der Waals surface area (Å²) in [4.78, 5) is 6.59. The number of pyridine rings is 1. The van der Waals surface area contributed by atoms with Gasteiger partial charge in [-0.1, -0.05) is 23.7 Å². The SMILES string of the molecule is N=C/C(=C\Nc1ccc(Cl)cn1)c1ccc(N2CCSCC2)cc1. The van der Waals surface area contributed by atoms with E-state index in [1.807, 2.05) is 11.8 Å². The number of rotatable bonds is 5. The first kappa shape index (κ1) is 16.9. The summed E-state index contributed by atoms with van der Waals surface area (Å²) < 4.78 is 0. The molecule has 124 valence electrons. The lowest BCUT2D eigenvalue weighted by Crippen LogP contribution is -2.32. The highest BCUT2D eigenvalue weighted by atomic mass is 35.5. The smallest absolute Gasteiger partial charge is 0.129 e. The summed E-state index contributed by atoms with van der Waals surface area (Å²) in [5.41, 5.74) is 3.05. The van der Waals surface area contributed by atoms with Crippen LogP contribution in [-0.2, 0) is 0 Å². The lowest BCUT2D eigenvalue weighted by molar-refractivity contribution is 0.859. The summed E-state index contributed by atoms with van der Waals surface area (Å²) in [7, 11) is 0. The summed E-state index contributed by atoms with van der Waals surface area (Å²) in [6.07, 6.45) is 4.72. The molecule has 3 rings (SSSR count). The van der Waals surface area contributed by atoms with Crippen LogP contribution in [0.25, 0.3) is 5.57 Å². The van der Waals surface area contributed by atoms with Gasteiger partial charge in [-0.2, -0.15) is 11.8 Å². The molecule has 2 heterocycles. The monoisotopic (exact) mass is 358 g/mol. The first-order valence-corrected chi connectivity index (χ1v) is 9.31. The molecule has 1 saturated heterocycles. The number of nitrogens with one attached hydrogen (secondary N) is 2. The fourth-order valence-corrected chi connectivity index (χ4v) is 3.52. The van der Waals surface area contributed by atoms with Crippen LogP contribution in [0.2, 0.25) is 5.02 Å². The molecule has 0 bridgehead atoms. The quantitative estimate of drug-likeness (QED) is 0.778. The number of aromatic nitrogens is 1. The van der Waals surface area contributed by atoms with Crippen LogP contribution in [0.15, 0.2) is 48.8 Å². The van der Waals surface area contributed by atoms with Crippen molar-refractivity contribution in [2.45, 2.75) is 0 Å². The van der Waals surface area contributed by atoms with Crippen LogP contribution < -0.4 is 10.2 Å². The highest BCUT2D eigenvalue weighted by Crippen LogP contribution is 2.22. The number of anilines is 2. The number of benzene rings is 1. The van der Waals surface area contributed by atoms with Gasteiger partial charge in [-0.25, -0.2) is 4.98 Å². The molecule has 1 aromatic heterocycles. The Hall–Kier alpha value is -1.98. The van der Waals surface area contributed by atoms with E-state index in [2.05, 4.69) is 39.5 Å². The van der Waals surface area contributed by atoms with E-state index in [0.717, 1.165) is 24.2 Å². The molecule has 1 fully saturated rings. The van der Waals surface area contributed by atoms with Gasteiger partial charge in [0.25, 0.3) is 0 Å². The maximum Gasteiger partial charge on any atom is 0.129 e. The summed E-state index contributed by atoms with van der Waals surface area (Å²) in [5, 5.41) is 11.4. The second-order valence-electron chi connectivity index (χ2n) is 5.40. The molecular weight excluding hydrogens is 340 g/mol. The summed E-state index contributed by atoms with van der Waals surface area (Å²) in [5.74, 6) is 3.07. The standard InChI is InChI=1S/C18H19ClN4S/c19-16-3-6-18(22-13-16)21-12-15(11-20)14-1-4-17(5-2-14)23-7-9-24-10-8-23/h1-6,11-13,20H,7-10H2,(H,21,22)/b15-12+,20-11?. The van der Waals surface area contributed by atoms with E-state index in [9.17, 15) is 0 Å². The average molecular weight is 359 g/mol. The second-order valence-corrected chi connectivity index (χ2v) is 7.06. The number of allylic oxidation sites excluding steroid dienone is 1. The summed E-state index contributed by atoms with van der Waals surface area (Å²) in [6.45, 7) is 2.20. The van der Waals surface area contributed by atoms with Crippen LogP contribution in [0.5, 0.6) is 0 Å². The molecule has 1 aliphatic rings. The van der Waals surface area contributed by atoms with Crippen LogP contribution in [0.1, 0.15) is 5.56 Å². The predicted molar refractivity (Wildman–Crippen MR) is 106 cm³/mol. The van der Waals surface area contributed by atoms with Gasteiger partial charge in [0, 0.05) is 54.5 Å². The molecule has 1 aliphatic heterocycles. The van der Waals surface area contributed by atoms with Gasteiger partial charge in [-0.15, -0.1) is 0 Å². The maximum absolute atomic E-state index is 7.66. The highest BCUT2D eigenvalue weighted by Gasteiger charge is 2.11. The van der Waals surface area contributed by atoms with Crippen molar-refractivity contribution < 1.29 is 0 Å². The minimum atomic E-state index is 0.600. The molecule has 0 atom stereocenters. The second kappa shape index (κ2) is 8.22. The van der Waals surface area contributed by atoms with Gasteiger partial charge >= 0.3 is 0 Å². The topological polar surface area (TPSA) is 52.0 Å². The molecule has 1 aromatic carbocycles. The zero-order valence-corrected chi connectivity index (χ0v) is 14.8. The van der Waals surface area contributed by atoms with E-state index >= 15 is 0 Å². The van der Waals surface area contributed by atoms with Crippen molar-refractivity contribution in [1.29, 1.82) is 5.41 Å². The van der Waals surface area contributed by atoms with Crippen molar-refractivity contribution in [3.63, 3.8) is 0 Å². The molecule has 0 amide bonds. The van der Waals surface area contributed by atoms with E-state index < -0.39 is 0 Å². The van der Waals surface area contributed by atoms with Crippen LogP contribution in [0.4, 0.5) is 11.5 Å². The summed E-state index contributed by atoms with van der Waals surface area (Å²) >= 11 is 7.84. The normalized spacial score (nSPS) is 15.2. The molecule has 2 aromatic rings. The first-order valence-electron chi connectivity index (χ1n) is 7.78. The zero-order valence-electron chi connectivity index (χ0n) is 13.2. The minimum absolute atomic E-state index is 0.600. The van der Waals surface area contributed by atoms with Gasteiger partial charge in [-0.05, 0) is 29.8 Å². The van der Waals surface area contributed by atoms with Crippen molar-refractivity contribution in [3.05, 3.63) is 59.4 Å². The van der Waals surface area contributed by atoms with E-state index in [1.54, 1.807) is 24.5 Å². The van der Waals surface area contributed by atoms with Crippen LogP contribution in [-0.4, -0.2) is 35.8 Å². The van der Waals surface area contributed by atoms with E-state index in [0.29, 0.717) is 10.8 Å². The fraction of sp³-hybridized carbons (Fsp3) is 0.222. The predicted octanol–water partition coefficient (Wildman–Crippen LogP) is 4.39. The number of thioether (sulfide) groups is 1. The minimum Gasteiger partial charge on any atom is -0.370 e. The van der Waals surface area contributed by atoms with Gasteiger partial charge in [-0.3, -0.25) is 0 Å². The van der Waals surface area contributed by atoms with Crippen molar-refractivity contribution >= 4 is 46.7 Å². The number of halogens is 1. The fourth-order valence-electron chi connectivity index (χ4n) is 2.51. The van der Waals surface area contributed by atoms with E-state index in [1.165, 1.54) is 23.4 Å². The van der Waals surface area contributed by atoms with Crippen molar-refractivity contribution in [1.82, 2.24) is 4.98 Å². The third kappa shape index (κ3) is 4.30. The van der Waals surface area contributed by atoms with Gasteiger partial charge in [0.1, 0.15) is 5.82 Å². The Morgan fingerprint density at radius 2 is 1.92 bits per heavy atom. The lowest BCUT2D eigenvalue weighted by atomic mass is 10.1. The molecule has 0 radical (unpaired) electrons. The number of nitrogens with zero attached hydrogens (tertiary/aromatic N) is 2.